The van der Waals surface area contributed by atoms with Crippen molar-refractivity contribution < 1.29 is 34.1 Å². The van der Waals surface area contributed by atoms with E-state index in [-0.39, 0.29) is 40.7 Å². The van der Waals surface area contributed by atoms with Gasteiger partial charge in [-0.15, -0.1) is 0 Å². The highest BCUT2D eigenvalue weighted by Gasteiger charge is 2.55. The summed E-state index contributed by atoms with van der Waals surface area (Å²) < 4.78 is 11.1. The van der Waals surface area contributed by atoms with E-state index < -0.39 is 34.2 Å². The topological polar surface area (TPSA) is 122 Å². The quantitative estimate of drug-likeness (QED) is 0.617. The van der Waals surface area contributed by atoms with Gasteiger partial charge in [0.15, 0.2) is 17.3 Å². The zero-order valence-corrected chi connectivity index (χ0v) is 17.7. The van der Waals surface area contributed by atoms with Crippen molar-refractivity contribution >= 4 is 17.5 Å². The van der Waals surface area contributed by atoms with Crippen molar-refractivity contribution in [2.45, 2.75) is 25.8 Å². The Balaban J connectivity index is 1.82. The van der Waals surface area contributed by atoms with E-state index >= 15 is 0 Å². The van der Waals surface area contributed by atoms with Crippen molar-refractivity contribution in [3.05, 3.63) is 76.3 Å². The first-order valence-corrected chi connectivity index (χ1v) is 9.85. The van der Waals surface area contributed by atoms with Gasteiger partial charge in [0.2, 0.25) is 0 Å². The number of allylic oxidation sites excluding steroid dienone is 3. The minimum absolute atomic E-state index is 0.000613. The molecule has 0 bridgehead atoms. The van der Waals surface area contributed by atoms with Gasteiger partial charge < -0.3 is 25.0 Å². The van der Waals surface area contributed by atoms with Crippen molar-refractivity contribution in [1.82, 2.24) is 5.32 Å². The minimum atomic E-state index is -1.59. The van der Waals surface area contributed by atoms with Crippen molar-refractivity contribution in [1.29, 1.82) is 0 Å². The van der Waals surface area contributed by atoms with E-state index in [1.165, 1.54) is 27.0 Å². The molecule has 0 fully saturated rings. The lowest BCUT2D eigenvalue weighted by Gasteiger charge is -2.27. The van der Waals surface area contributed by atoms with Crippen LogP contribution in [0.4, 0.5) is 0 Å². The maximum atomic E-state index is 13.2. The lowest BCUT2D eigenvalue weighted by Crippen LogP contribution is -2.38. The molecule has 8 nitrogen and oxygen atoms in total. The van der Waals surface area contributed by atoms with Gasteiger partial charge >= 0.3 is 0 Å². The van der Waals surface area contributed by atoms with E-state index in [0.717, 1.165) is 11.6 Å². The van der Waals surface area contributed by atoms with Gasteiger partial charge in [0.1, 0.15) is 39.6 Å². The monoisotopic (exact) mass is 435 g/mol. The summed E-state index contributed by atoms with van der Waals surface area (Å²) in [5.74, 6) is -2.76. The Bertz CT molecular complexity index is 1230. The molecule has 0 unspecified atom stereocenters. The smallest absolute Gasteiger partial charge is 0.259 e. The van der Waals surface area contributed by atoms with Crippen LogP contribution in [-0.4, -0.2) is 34.8 Å². The third-order valence-electron chi connectivity index (χ3n) is 5.73. The zero-order valence-electron chi connectivity index (χ0n) is 17.7. The first-order chi connectivity index (χ1) is 15.2. The van der Waals surface area contributed by atoms with E-state index in [2.05, 4.69) is 5.32 Å². The molecule has 8 heteroatoms. The number of Topliss-reactive ketones (excluding diaryl/α,β-unsaturated/α-hetero) is 2. The van der Waals surface area contributed by atoms with Crippen LogP contribution in [0.15, 0.2) is 59.6 Å². The molecular formula is C24H21NO7. The number of ketones is 2. The number of aromatic hydroxyl groups is 1. The highest BCUT2D eigenvalue weighted by molar-refractivity contribution is 6.25. The maximum absolute atomic E-state index is 13.2. The van der Waals surface area contributed by atoms with E-state index in [1.54, 1.807) is 0 Å². The van der Waals surface area contributed by atoms with Crippen LogP contribution in [0, 0.1) is 0 Å². The second-order valence-corrected chi connectivity index (χ2v) is 7.73. The number of aliphatic hydroxyl groups excluding tert-OH is 1. The summed E-state index contributed by atoms with van der Waals surface area (Å²) in [6.07, 6.45) is 1.16. The van der Waals surface area contributed by atoms with Gasteiger partial charge in [-0.1, -0.05) is 30.3 Å². The zero-order chi connectivity index (χ0) is 23.2. The van der Waals surface area contributed by atoms with Crippen LogP contribution in [-0.2, 0) is 21.5 Å². The number of aliphatic hydroxyl groups is 1. The van der Waals surface area contributed by atoms with Gasteiger partial charge in [0.25, 0.3) is 5.91 Å². The van der Waals surface area contributed by atoms with E-state index in [0.29, 0.717) is 0 Å². The molecular weight excluding hydrogens is 414 g/mol. The largest absolute Gasteiger partial charge is 0.507 e. The number of amides is 1. The van der Waals surface area contributed by atoms with E-state index in [4.69, 9.17) is 9.47 Å². The molecule has 3 N–H and O–H groups in total. The first kappa shape index (κ1) is 21.2. The Morgan fingerprint density at radius 2 is 1.88 bits per heavy atom. The Kier molecular flexibility index (Phi) is 5.00. The second kappa shape index (κ2) is 7.56. The second-order valence-electron chi connectivity index (χ2n) is 7.73. The van der Waals surface area contributed by atoms with Crippen LogP contribution in [0.5, 0.6) is 17.2 Å². The number of methoxy groups -OCH3 is 1. The molecule has 1 aliphatic carbocycles. The molecule has 0 saturated carbocycles. The number of carbonyl (C=O) groups is 3. The van der Waals surface area contributed by atoms with Gasteiger partial charge in [0, 0.05) is 18.7 Å². The van der Waals surface area contributed by atoms with E-state index in [9.17, 15) is 24.6 Å². The Labute approximate surface area is 183 Å². The molecule has 1 aliphatic heterocycles. The van der Waals surface area contributed by atoms with Gasteiger partial charge in [-0.05, 0) is 19.4 Å². The molecule has 2 aliphatic rings. The molecule has 164 valence electrons. The average molecular weight is 435 g/mol. The van der Waals surface area contributed by atoms with Gasteiger partial charge in [-0.25, -0.2) is 0 Å². The fraction of sp³-hybridized carbons (Fsp3) is 0.208. The van der Waals surface area contributed by atoms with Gasteiger partial charge in [-0.2, -0.15) is 0 Å². The number of carbonyl (C=O) groups excluding carboxylic acids is 3. The fourth-order valence-electron chi connectivity index (χ4n) is 4.09. The third kappa shape index (κ3) is 3.03. The average Bonchev–Trinajstić information content (AvgIpc) is 3.06. The molecule has 32 heavy (non-hydrogen) atoms. The van der Waals surface area contributed by atoms with Gasteiger partial charge in [0.05, 0.1) is 12.7 Å². The number of rotatable bonds is 5. The number of hydrogen-bond acceptors (Lipinski definition) is 7. The summed E-state index contributed by atoms with van der Waals surface area (Å²) in [5, 5.41) is 23.7. The standard InChI is InChI=1S/C24H21NO7/c1-12(26)18-14(27)10-17-24(2,22(18)29)20-15(28)9-16(31-3)19(21(20)32-17)23(30)25-11-13-7-5-4-6-8-13/h4-10,27-28H,11H2,1-3H3,(H,25,30)/t24-/m1/s1. The predicted octanol–water partition coefficient (Wildman–Crippen LogP) is 2.85. The Morgan fingerprint density at radius 3 is 2.50 bits per heavy atom. The van der Waals surface area contributed by atoms with E-state index in [1.807, 2.05) is 30.3 Å². The van der Waals surface area contributed by atoms with Crippen LogP contribution < -0.4 is 14.8 Å². The molecule has 2 aromatic rings. The number of phenolic OH excluding ortho intramolecular Hbond substituents is 1. The van der Waals surface area contributed by atoms with Crippen molar-refractivity contribution in [2.75, 3.05) is 7.11 Å². The summed E-state index contributed by atoms with van der Waals surface area (Å²) in [7, 11) is 1.34. The molecule has 0 spiro atoms. The molecule has 0 radical (unpaired) electrons. The van der Waals surface area contributed by atoms with Crippen LogP contribution >= 0.6 is 0 Å². The number of fused-ring (bicyclic) bond motifs is 3. The SMILES string of the molecule is COc1cc(O)c2c(c1C(=O)NCc1ccccc1)OC1=CC(O)=C(C(C)=O)C(=O)[C@]12C. The molecule has 0 saturated heterocycles. The van der Waals surface area contributed by atoms with Crippen molar-refractivity contribution in [3.8, 4) is 17.2 Å². The lowest BCUT2D eigenvalue weighted by molar-refractivity contribution is -0.123. The Morgan fingerprint density at radius 1 is 1.19 bits per heavy atom. The summed E-state index contributed by atoms with van der Waals surface area (Å²) in [6, 6.07) is 10.5. The molecule has 0 aromatic heterocycles. The third-order valence-corrected chi connectivity index (χ3v) is 5.73. The van der Waals surface area contributed by atoms with Crippen LogP contribution in [0.2, 0.25) is 0 Å². The number of ether oxygens (including phenoxy) is 2. The summed E-state index contributed by atoms with van der Waals surface area (Å²) in [4.78, 5) is 38.4. The highest BCUT2D eigenvalue weighted by Crippen LogP contribution is 2.56. The fourth-order valence-corrected chi connectivity index (χ4v) is 4.09. The minimum Gasteiger partial charge on any atom is -0.507 e. The lowest BCUT2D eigenvalue weighted by atomic mass is 9.71. The number of phenols is 1. The van der Waals surface area contributed by atoms with Crippen LogP contribution in [0.1, 0.15) is 35.3 Å². The molecule has 2 aromatic carbocycles. The van der Waals surface area contributed by atoms with Crippen LogP contribution in [0.25, 0.3) is 0 Å². The summed E-state index contributed by atoms with van der Waals surface area (Å²) in [6.45, 7) is 2.87. The first-order valence-electron chi connectivity index (χ1n) is 9.85. The van der Waals surface area contributed by atoms with Gasteiger partial charge in [-0.3, -0.25) is 14.4 Å². The van der Waals surface area contributed by atoms with Crippen molar-refractivity contribution in [2.24, 2.45) is 0 Å². The number of benzene rings is 2. The number of nitrogens with one attached hydrogen (secondary N) is 1. The molecule has 1 atom stereocenters. The number of hydrogen-bond donors (Lipinski definition) is 3. The predicted molar refractivity (Wildman–Crippen MR) is 114 cm³/mol. The molecule has 4 rings (SSSR count). The maximum Gasteiger partial charge on any atom is 0.259 e. The highest BCUT2D eigenvalue weighted by atomic mass is 16.5. The summed E-state index contributed by atoms with van der Waals surface area (Å²) >= 11 is 0. The van der Waals surface area contributed by atoms with Crippen LogP contribution in [0.3, 0.4) is 0 Å². The molecule has 1 amide bonds. The Hall–Kier alpha value is -4.07. The van der Waals surface area contributed by atoms with Crippen molar-refractivity contribution in [3.63, 3.8) is 0 Å². The normalized spacial score (nSPS) is 19.0. The molecule has 1 heterocycles. The summed E-state index contributed by atoms with van der Waals surface area (Å²) in [5.41, 5.74) is -1.09.